The number of carboxylic acids is 1. The standard InChI is InChI=1S/C25H27F3N2O3/c1-4-29-22(25(26,27)28)21(14-9-16(2)3)30(24(29)33)15-17-10-12-18(13-11-17)19-7-5-6-8-20(19)23(31)32/h5-8,10-13,16H,4,9,14-15H2,1-3H3,(H,31,32). The van der Waals surface area contributed by atoms with Crippen LogP contribution in [-0.4, -0.2) is 20.2 Å². The molecule has 0 saturated carbocycles. The van der Waals surface area contributed by atoms with Crippen LogP contribution in [0.2, 0.25) is 0 Å². The highest BCUT2D eigenvalue weighted by Gasteiger charge is 2.40. The number of alkyl halides is 3. The summed E-state index contributed by atoms with van der Waals surface area (Å²) in [6.45, 7) is 5.33. The van der Waals surface area contributed by atoms with Crippen LogP contribution in [0, 0.1) is 5.92 Å². The first kappa shape index (κ1) is 24.4. The van der Waals surface area contributed by atoms with Crippen molar-refractivity contribution in [2.45, 2.75) is 52.9 Å². The van der Waals surface area contributed by atoms with E-state index in [1.54, 1.807) is 42.5 Å². The van der Waals surface area contributed by atoms with Crippen LogP contribution in [0.4, 0.5) is 13.2 Å². The molecule has 5 nitrogen and oxygen atoms in total. The van der Waals surface area contributed by atoms with Gasteiger partial charge in [0.2, 0.25) is 0 Å². The van der Waals surface area contributed by atoms with Crippen LogP contribution < -0.4 is 5.69 Å². The lowest BCUT2D eigenvalue weighted by Crippen LogP contribution is -2.26. The zero-order valence-corrected chi connectivity index (χ0v) is 18.8. The van der Waals surface area contributed by atoms with Gasteiger partial charge in [-0.05, 0) is 48.4 Å². The minimum absolute atomic E-state index is 0.00310. The Hall–Kier alpha value is -3.29. The van der Waals surface area contributed by atoms with Gasteiger partial charge in [0.15, 0.2) is 0 Å². The quantitative estimate of drug-likeness (QED) is 0.470. The van der Waals surface area contributed by atoms with E-state index >= 15 is 0 Å². The van der Waals surface area contributed by atoms with E-state index in [1.807, 2.05) is 13.8 Å². The number of carboxylic acid groups (broad SMARTS) is 1. The summed E-state index contributed by atoms with van der Waals surface area (Å²) in [4.78, 5) is 24.4. The van der Waals surface area contributed by atoms with Crippen LogP contribution in [0.1, 0.15) is 54.5 Å². The molecule has 33 heavy (non-hydrogen) atoms. The van der Waals surface area contributed by atoms with Crippen LogP contribution in [0.5, 0.6) is 0 Å². The molecule has 176 valence electrons. The van der Waals surface area contributed by atoms with E-state index in [9.17, 15) is 27.9 Å². The number of benzene rings is 2. The highest BCUT2D eigenvalue weighted by molar-refractivity contribution is 5.95. The van der Waals surface area contributed by atoms with Crippen LogP contribution in [0.3, 0.4) is 0 Å². The van der Waals surface area contributed by atoms with E-state index in [1.165, 1.54) is 17.6 Å². The zero-order valence-electron chi connectivity index (χ0n) is 18.8. The first-order valence-electron chi connectivity index (χ1n) is 10.9. The fourth-order valence-electron chi connectivity index (χ4n) is 3.99. The SMILES string of the molecule is CCn1c(C(F)(F)F)c(CCC(C)C)n(Cc2ccc(-c3ccccc3C(=O)O)cc2)c1=O. The first-order chi connectivity index (χ1) is 15.5. The molecule has 1 aromatic heterocycles. The number of hydrogen-bond donors (Lipinski definition) is 1. The lowest BCUT2D eigenvalue weighted by molar-refractivity contribution is -0.144. The molecule has 1 heterocycles. The number of nitrogens with zero attached hydrogens (tertiary/aromatic N) is 2. The summed E-state index contributed by atoms with van der Waals surface area (Å²) >= 11 is 0. The minimum Gasteiger partial charge on any atom is -0.478 e. The van der Waals surface area contributed by atoms with Crippen LogP contribution in [-0.2, 0) is 25.7 Å². The van der Waals surface area contributed by atoms with Gasteiger partial charge in [-0.1, -0.05) is 56.3 Å². The molecular weight excluding hydrogens is 433 g/mol. The molecule has 0 fully saturated rings. The summed E-state index contributed by atoms with van der Waals surface area (Å²) < 4.78 is 43.6. The van der Waals surface area contributed by atoms with Crippen molar-refractivity contribution >= 4 is 5.97 Å². The van der Waals surface area contributed by atoms with Gasteiger partial charge in [-0.25, -0.2) is 9.59 Å². The number of halogens is 3. The third kappa shape index (κ3) is 5.21. The first-order valence-corrected chi connectivity index (χ1v) is 10.9. The van der Waals surface area contributed by atoms with E-state index in [-0.39, 0.29) is 36.7 Å². The van der Waals surface area contributed by atoms with Crippen LogP contribution in [0.25, 0.3) is 11.1 Å². The van der Waals surface area contributed by atoms with Crippen molar-refractivity contribution in [3.8, 4) is 11.1 Å². The second-order valence-electron chi connectivity index (χ2n) is 8.39. The third-order valence-electron chi connectivity index (χ3n) is 5.64. The van der Waals surface area contributed by atoms with Gasteiger partial charge in [-0.15, -0.1) is 0 Å². The minimum atomic E-state index is -4.63. The van der Waals surface area contributed by atoms with Gasteiger partial charge >= 0.3 is 17.8 Å². The van der Waals surface area contributed by atoms with Crippen molar-refractivity contribution in [3.63, 3.8) is 0 Å². The van der Waals surface area contributed by atoms with Gasteiger partial charge in [0, 0.05) is 6.54 Å². The van der Waals surface area contributed by atoms with Gasteiger partial charge in [0.05, 0.1) is 17.8 Å². The molecule has 0 aliphatic rings. The maximum atomic E-state index is 13.9. The molecule has 0 atom stereocenters. The lowest BCUT2D eigenvalue weighted by Gasteiger charge is -2.14. The second-order valence-corrected chi connectivity index (χ2v) is 8.39. The molecular formula is C25H27F3N2O3. The molecule has 0 radical (unpaired) electrons. The number of aromatic carboxylic acids is 1. The maximum absolute atomic E-state index is 13.9. The molecule has 3 aromatic rings. The number of aromatic nitrogens is 2. The smallest absolute Gasteiger partial charge is 0.433 e. The van der Waals surface area contributed by atoms with Crippen LogP contribution in [0.15, 0.2) is 53.3 Å². The molecule has 0 aliphatic carbocycles. The molecule has 1 N–H and O–H groups in total. The summed E-state index contributed by atoms with van der Waals surface area (Å²) in [5, 5.41) is 9.41. The van der Waals surface area contributed by atoms with E-state index in [0.717, 1.165) is 4.57 Å². The monoisotopic (exact) mass is 460 g/mol. The Morgan fingerprint density at radius 2 is 1.67 bits per heavy atom. The summed E-state index contributed by atoms with van der Waals surface area (Å²) in [6.07, 6.45) is -3.95. The van der Waals surface area contributed by atoms with Crippen molar-refractivity contribution < 1.29 is 23.1 Å². The molecule has 0 saturated heterocycles. The van der Waals surface area contributed by atoms with E-state index in [0.29, 0.717) is 23.1 Å². The van der Waals surface area contributed by atoms with Crippen molar-refractivity contribution in [3.05, 3.63) is 81.5 Å². The number of rotatable bonds is 8. The molecule has 0 amide bonds. The molecule has 8 heteroatoms. The highest BCUT2D eigenvalue weighted by Crippen LogP contribution is 2.33. The number of carbonyl (C=O) groups is 1. The summed E-state index contributed by atoms with van der Waals surface area (Å²) in [5.41, 5.74) is 0.484. The Kier molecular flexibility index (Phi) is 7.15. The van der Waals surface area contributed by atoms with Gasteiger partial charge in [0.25, 0.3) is 0 Å². The van der Waals surface area contributed by atoms with E-state index < -0.39 is 23.5 Å². The Balaban J connectivity index is 2.02. The predicted molar refractivity (Wildman–Crippen MR) is 120 cm³/mol. The third-order valence-corrected chi connectivity index (χ3v) is 5.64. The molecule has 0 aliphatic heterocycles. The Morgan fingerprint density at radius 1 is 1.03 bits per heavy atom. The highest BCUT2D eigenvalue weighted by atomic mass is 19.4. The molecule has 3 rings (SSSR count). The fourth-order valence-corrected chi connectivity index (χ4v) is 3.99. The van der Waals surface area contributed by atoms with E-state index in [4.69, 9.17) is 0 Å². The average Bonchev–Trinajstić information content (AvgIpc) is 3.03. The topological polar surface area (TPSA) is 64.2 Å². The molecule has 0 unspecified atom stereocenters. The lowest BCUT2D eigenvalue weighted by atomic mass is 9.98. The maximum Gasteiger partial charge on any atom is 0.433 e. The Labute approximate surface area is 190 Å². The van der Waals surface area contributed by atoms with Gasteiger partial charge < -0.3 is 5.11 Å². The Bertz CT molecular complexity index is 1190. The fraction of sp³-hybridized carbons (Fsp3) is 0.360. The molecule has 2 aromatic carbocycles. The Morgan fingerprint density at radius 3 is 2.21 bits per heavy atom. The van der Waals surface area contributed by atoms with Crippen molar-refractivity contribution in [2.75, 3.05) is 0 Å². The van der Waals surface area contributed by atoms with Crippen LogP contribution >= 0.6 is 0 Å². The molecule has 0 bridgehead atoms. The second kappa shape index (κ2) is 9.68. The van der Waals surface area contributed by atoms with Crippen molar-refractivity contribution in [1.29, 1.82) is 0 Å². The van der Waals surface area contributed by atoms with E-state index in [2.05, 4.69) is 0 Å². The number of hydrogen-bond acceptors (Lipinski definition) is 2. The number of imidazole rings is 1. The molecule has 0 spiro atoms. The van der Waals surface area contributed by atoms with Gasteiger partial charge in [0.1, 0.15) is 5.69 Å². The van der Waals surface area contributed by atoms with Crippen molar-refractivity contribution in [1.82, 2.24) is 9.13 Å². The average molecular weight is 460 g/mol. The van der Waals surface area contributed by atoms with Gasteiger partial charge in [-0.3, -0.25) is 9.13 Å². The summed E-state index contributed by atoms with van der Waals surface area (Å²) in [5.74, 6) is -0.857. The van der Waals surface area contributed by atoms with Crippen molar-refractivity contribution in [2.24, 2.45) is 5.92 Å². The largest absolute Gasteiger partial charge is 0.478 e. The zero-order chi connectivity index (χ0) is 24.3. The summed E-state index contributed by atoms with van der Waals surface area (Å²) in [6, 6.07) is 13.5. The summed E-state index contributed by atoms with van der Waals surface area (Å²) in [7, 11) is 0. The van der Waals surface area contributed by atoms with Gasteiger partial charge in [-0.2, -0.15) is 13.2 Å². The predicted octanol–water partition coefficient (Wildman–Crippen LogP) is 5.69. The normalized spacial score (nSPS) is 11.8.